The van der Waals surface area contributed by atoms with Crippen molar-refractivity contribution in [3.05, 3.63) is 83.2 Å². The number of carbonyl (C=O) groups is 2. The van der Waals surface area contributed by atoms with Crippen molar-refractivity contribution < 1.29 is 14.0 Å². The number of carbonyl (C=O) groups excluding carboxylic acids is 2. The van der Waals surface area contributed by atoms with E-state index in [2.05, 4.69) is 20.9 Å². The number of nitrogens with one attached hydrogen (secondary N) is 3. The summed E-state index contributed by atoms with van der Waals surface area (Å²) in [7, 11) is 0. The molecule has 156 valence electrons. The number of urea groups is 1. The average Bonchev–Trinajstić information content (AvgIpc) is 3.13. The van der Waals surface area contributed by atoms with Gasteiger partial charge in [-0.25, -0.2) is 14.2 Å². The van der Waals surface area contributed by atoms with Gasteiger partial charge in [0.05, 0.1) is 10.2 Å². The van der Waals surface area contributed by atoms with Gasteiger partial charge in [0.25, 0.3) is 5.91 Å². The predicted octanol–water partition coefficient (Wildman–Crippen LogP) is 5.95. The Kier molecular flexibility index (Phi) is 5.64. The molecule has 6 nitrogen and oxygen atoms in total. The molecule has 0 unspecified atom stereocenters. The fourth-order valence-electron chi connectivity index (χ4n) is 3.11. The zero-order valence-corrected chi connectivity index (χ0v) is 17.6. The van der Waals surface area contributed by atoms with Crippen molar-refractivity contribution in [2.75, 3.05) is 16.0 Å². The van der Waals surface area contributed by atoms with Gasteiger partial charge in [-0.2, -0.15) is 0 Å². The third-order valence-corrected chi connectivity index (χ3v) is 5.63. The summed E-state index contributed by atoms with van der Waals surface area (Å²) in [6.07, 6.45) is 0. The number of hydrogen-bond acceptors (Lipinski definition) is 4. The largest absolute Gasteiger partial charge is 0.325 e. The molecular weight excluding hydrogens is 415 g/mol. The lowest BCUT2D eigenvalue weighted by Crippen LogP contribution is -2.19. The predicted molar refractivity (Wildman–Crippen MR) is 123 cm³/mol. The Bertz CT molecular complexity index is 1260. The van der Waals surface area contributed by atoms with Gasteiger partial charge in [-0.3, -0.25) is 10.1 Å². The molecular formula is C23H19FN4O2S. The molecule has 0 radical (unpaired) electrons. The highest BCUT2D eigenvalue weighted by atomic mass is 32.1. The van der Waals surface area contributed by atoms with Crippen molar-refractivity contribution in [2.45, 2.75) is 13.8 Å². The molecule has 3 amide bonds. The number of thiazole rings is 1. The van der Waals surface area contributed by atoms with E-state index in [1.54, 1.807) is 18.2 Å². The maximum atomic E-state index is 13.0. The Morgan fingerprint density at radius 3 is 2.32 bits per heavy atom. The number of amides is 3. The molecule has 1 aromatic heterocycles. The van der Waals surface area contributed by atoms with Gasteiger partial charge in [-0.1, -0.05) is 29.5 Å². The number of anilines is 3. The quantitative estimate of drug-likeness (QED) is 0.371. The van der Waals surface area contributed by atoms with Crippen LogP contribution in [-0.4, -0.2) is 16.9 Å². The van der Waals surface area contributed by atoms with E-state index in [0.29, 0.717) is 21.9 Å². The van der Waals surface area contributed by atoms with Crippen LogP contribution in [0.2, 0.25) is 0 Å². The summed E-state index contributed by atoms with van der Waals surface area (Å²) in [5.41, 5.74) is 4.42. The van der Waals surface area contributed by atoms with Gasteiger partial charge in [-0.15, -0.1) is 0 Å². The van der Waals surface area contributed by atoms with Crippen LogP contribution < -0.4 is 16.0 Å². The second-order valence-electron chi connectivity index (χ2n) is 7.01. The normalized spacial score (nSPS) is 10.7. The highest BCUT2D eigenvalue weighted by molar-refractivity contribution is 7.22. The van der Waals surface area contributed by atoms with E-state index in [-0.39, 0.29) is 11.7 Å². The number of nitrogens with zero attached hydrogens (tertiary/aromatic N) is 1. The first kappa shape index (κ1) is 20.5. The van der Waals surface area contributed by atoms with Gasteiger partial charge in [0.15, 0.2) is 5.13 Å². The number of halogens is 1. The summed E-state index contributed by atoms with van der Waals surface area (Å²) >= 11 is 1.26. The topological polar surface area (TPSA) is 83.1 Å². The van der Waals surface area contributed by atoms with E-state index in [0.717, 1.165) is 21.5 Å². The van der Waals surface area contributed by atoms with Crippen molar-refractivity contribution in [1.29, 1.82) is 0 Å². The zero-order chi connectivity index (χ0) is 22.0. The summed E-state index contributed by atoms with van der Waals surface area (Å²) in [4.78, 5) is 29.3. The minimum absolute atomic E-state index is 0.212. The van der Waals surface area contributed by atoms with Crippen LogP contribution in [0.4, 0.5) is 25.7 Å². The first-order valence-electron chi connectivity index (χ1n) is 9.51. The average molecular weight is 434 g/mol. The van der Waals surface area contributed by atoms with E-state index in [1.165, 1.54) is 35.6 Å². The Labute approximate surface area is 182 Å². The van der Waals surface area contributed by atoms with E-state index in [9.17, 15) is 14.0 Å². The molecule has 8 heteroatoms. The van der Waals surface area contributed by atoms with Crippen LogP contribution in [0.15, 0.2) is 60.7 Å². The van der Waals surface area contributed by atoms with Crippen LogP contribution in [-0.2, 0) is 0 Å². The molecule has 4 aromatic rings. The zero-order valence-electron chi connectivity index (χ0n) is 16.8. The fraction of sp³-hybridized carbons (Fsp3) is 0.0870. The number of aryl methyl sites for hydroxylation is 2. The smallest absolute Gasteiger partial charge is 0.322 e. The lowest BCUT2D eigenvalue weighted by Gasteiger charge is -2.11. The first-order valence-corrected chi connectivity index (χ1v) is 10.3. The number of benzene rings is 3. The third-order valence-electron chi connectivity index (χ3n) is 4.69. The van der Waals surface area contributed by atoms with E-state index in [1.807, 2.05) is 32.0 Å². The monoisotopic (exact) mass is 434 g/mol. The minimum Gasteiger partial charge on any atom is -0.322 e. The number of rotatable bonds is 4. The summed E-state index contributed by atoms with van der Waals surface area (Å²) in [6, 6.07) is 16.0. The summed E-state index contributed by atoms with van der Waals surface area (Å²) < 4.78 is 13.7. The number of hydrogen-bond donors (Lipinski definition) is 3. The molecule has 0 saturated heterocycles. The lowest BCUT2D eigenvalue weighted by molar-refractivity contribution is 0.102. The summed E-state index contributed by atoms with van der Waals surface area (Å²) in [5, 5.41) is 8.64. The van der Waals surface area contributed by atoms with Crippen LogP contribution in [0, 0.1) is 19.7 Å². The van der Waals surface area contributed by atoms with Gasteiger partial charge < -0.3 is 10.6 Å². The fourth-order valence-corrected chi connectivity index (χ4v) is 4.01. The van der Waals surface area contributed by atoms with E-state index >= 15 is 0 Å². The number of aromatic nitrogens is 1. The number of para-hydroxylation sites is 1. The molecule has 0 aliphatic heterocycles. The SMILES string of the molecule is Cc1cccc(C)c1NC(=O)c1ccc2nc(NC(=O)Nc3ccc(F)cc3)sc2c1. The Balaban J connectivity index is 1.48. The van der Waals surface area contributed by atoms with E-state index in [4.69, 9.17) is 0 Å². The molecule has 1 heterocycles. The van der Waals surface area contributed by atoms with Crippen LogP contribution in [0.3, 0.4) is 0 Å². The molecule has 0 aliphatic carbocycles. The van der Waals surface area contributed by atoms with Crippen molar-refractivity contribution in [1.82, 2.24) is 4.98 Å². The van der Waals surface area contributed by atoms with Crippen molar-refractivity contribution in [3.8, 4) is 0 Å². The molecule has 3 N–H and O–H groups in total. The molecule has 4 rings (SSSR count). The van der Waals surface area contributed by atoms with Crippen LogP contribution >= 0.6 is 11.3 Å². The molecule has 0 fully saturated rings. The van der Waals surface area contributed by atoms with Crippen molar-refractivity contribution in [3.63, 3.8) is 0 Å². The second kappa shape index (κ2) is 8.53. The highest BCUT2D eigenvalue weighted by Gasteiger charge is 2.13. The van der Waals surface area contributed by atoms with Crippen molar-refractivity contribution in [2.24, 2.45) is 0 Å². The third kappa shape index (κ3) is 4.70. The first-order chi connectivity index (χ1) is 14.9. The maximum absolute atomic E-state index is 13.0. The molecule has 3 aromatic carbocycles. The highest BCUT2D eigenvalue weighted by Crippen LogP contribution is 2.28. The Hall–Kier alpha value is -3.78. The van der Waals surface area contributed by atoms with E-state index < -0.39 is 6.03 Å². The van der Waals surface area contributed by atoms with Crippen LogP contribution in [0.25, 0.3) is 10.2 Å². The van der Waals surface area contributed by atoms with Crippen LogP contribution in [0.5, 0.6) is 0 Å². The molecule has 0 aliphatic rings. The van der Waals surface area contributed by atoms with Gasteiger partial charge in [0, 0.05) is 16.9 Å². The minimum atomic E-state index is -0.487. The second-order valence-corrected chi connectivity index (χ2v) is 8.04. The number of fused-ring (bicyclic) bond motifs is 1. The molecule has 0 atom stereocenters. The lowest BCUT2D eigenvalue weighted by atomic mass is 10.1. The molecule has 0 bridgehead atoms. The maximum Gasteiger partial charge on any atom is 0.325 e. The summed E-state index contributed by atoms with van der Waals surface area (Å²) in [5.74, 6) is -0.592. The van der Waals surface area contributed by atoms with Gasteiger partial charge in [0.1, 0.15) is 5.82 Å². The van der Waals surface area contributed by atoms with Gasteiger partial charge in [0.2, 0.25) is 0 Å². The standard InChI is InChI=1S/C23H19FN4O2S/c1-13-4-3-5-14(2)20(13)27-21(29)15-6-11-18-19(12-15)31-23(26-18)28-22(30)25-17-9-7-16(24)8-10-17/h3-12H,1-2H3,(H,27,29)(H2,25,26,28,30). The molecule has 31 heavy (non-hydrogen) atoms. The van der Waals surface area contributed by atoms with Crippen LogP contribution in [0.1, 0.15) is 21.5 Å². The van der Waals surface area contributed by atoms with Crippen molar-refractivity contribution >= 4 is 50.0 Å². The molecule has 0 saturated carbocycles. The Morgan fingerprint density at radius 1 is 0.903 bits per heavy atom. The Morgan fingerprint density at radius 2 is 1.61 bits per heavy atom. The molecule has 0 spiro atoms. The summed E-state index contributed by atoms with van der Waals surface area (Å²) in [6.45, 7) is 3.90. The van der Waals surface area contributed by atoms with Gasteiger partial charge >= 0.3 is 6.03 Å². The van der Waals surface area contributed by atoms with Gasteiger partial charge in [-0.05, 0) is 67.4 Å².